The Hall–Kier alpha value is -2.58. The number of hydrogen-bond donors (Lipinski definition) is 1. The SMILES string of the molecule is CCN(CC)CCNc1cc2c3ccccc3ccc2c2ccccc12. The van der Waals surface area contributed by atoms with Crippen LogP contribution in [0.4, 0.5) is 5.69 Å². The van der Waals surface area contributed by atoms with Crippen molar-refractivity contribution in [2.45, 2.75) is 13.8 Å². The lowest BCUT2D eigenvalue weighted by Crippen LogP contribution is -2.28. The molecule has 0 radical (unpaired) electrons. The number of nitrogens with one attached hydrogen (secondary N) is 1. The van der Waals surface area contributed by atoms with E-state index in [9.17, 15) is 0 Å². The fourth-order valence-corrected chi connectivity index (χ4v) is 3.90. The second kappa shape index (κ2) is 7.35. The third-order valence-electron chi connectivity index (χ3n) is 5.40. The molecule has 132 valence electrons. The van der Waals surface area contributed by atoms with Gasteiger partial charge in [0.05, 0.1) is 0 Å². The molecule has 0 spiro atoms. The standard InChI is InChI=1S/C24H26N2/c1-3-26(4-2)16-15-25-24-17-23-19-10-6-5-9-18(19)13-14-21(23)20-11-7-8-12-22(20)24/h5-14,17,25H,3-4,15-16H2,1-2H3. The van der Waals surface area contributed by atoms with Crippen LogP contribution in [0.15, 0.2) is 66.7 Å². The second-order valence-corrected chi connectivity index (χ2v) is 6.81. The smallest absolute Gasteiger partial charge is 0.0426 e. The average molecular weight is 342 g/mol. The highest BCUT2D eigenvalue weighted by molar-refractivity contribution is 6.20. The van der Waals surface area contributed by atoms with Gasteiger partial charge in [-0.3, -0.25) is 0 Å². The first kappa shape index (κ1) is 16.9. The van der Waals surface area contributed by atoms with Crippen molar-refractivity contribution in [3.8, 4) is 0 Å². The molecule has 26 heavy (non-hydrogen) atoms. The van der Waals surface area contributed by atoms with Crippen LogP contribution in [0.5, 0.6) is 0 Å². The second-order valence-electron chi connectivity index (χ2n) is 6.81. The van der Waals surface area contributed by atoms with Gasteiger partial charge in [-0.15, -0.1) is 0 Å². The normalized spacial score (nSPS) is 11.7. The zero-order valence-corrected chi connectivity index (χ0v) is 15.6. The van der Waals surface area contributed by atoms with Gasteiger partial charge in [0.1, 0.15) is 0 Å². The van der Waals surface area contributed by atoms with E-state index in [1.807, 2.05) is 0 Å². The van der Waals surface area contributed by atoms with Crippen LogP contribution in [0, 0.1) is 0 Å². The van der Waals surface area contributed by atoms with Crippen molar-refractivity contribution in [1.82, 2.24) is 4.90 Å². The monoisotopic (exact) mass is 342 g/mol. The quantitative estimate of drug-likeness (QED) is 0.439. The molecule has 4 aromatic rings. The number of rotatable bonds is 6. The molecule has 1 N–H and O–H groups in total. The van der Waals surface area contributed by atoms with Gasteiger partial charge in [-0.05, 0) is 46.1 Å². The third kappa shape index (κ3) is 3.02. The summed E-state index contributed by atoms with van der Waals surface area (Å²) in [6.45, 7) is 8.67. The highest BCUT2D eigenvalue weighted by atomic mass is 15.1. The minimum Gasteiger partial charge on any atom is -0.383 e. The molecule has 4 aromatic carbocycles. The summed E-state index contributed by atoms with van der Waals surface area (Å²) in [5, 5.41) is 11.6. The molecule has 0 aliphatic rings. The van der Waals surface area contributed by atoms with Gasteiger partial charge in [-0.25, -0.2) is 0 Å². The molecule has 0 saturated carbocycles. The van der Waals surface area contributed by atoms with E-state index < -0.39 is 0 Å². The Morgan fingerprint density at radius 2 is 1.35 bits per heavy atom. The first-order valence-electron chi connectivity index (χ1n) is 9.61. The number of benzene rings is 4. The van der Waals surface area contributed by atoms with E-state index >= 15 is 0 Å². The fraction of sp³-hybridized carbons (Fsp3) is 0.250. The largest absolute Gasteiger partial charge is 0.383 e. The summed E-state index contributed by atoms with van der Waals surface area (Å²) in [5.74, 6) is 0. The summed E-state index contributed by atoms with van der Waals surface area (Å²) in [6.07, 6.45) is 0. The molecule has 0 fully saturated rings. The predicted octanol–water partition coefficient (Wildman–Crippen LogP) is 5.90. The predicted molar refractivity (Wildman–Crippen MR) is 115 cm³/mol. The summed E-state index contributed by atoms with van der Waals surface area (Å²) in [6, 6.07) is 24.2. The Balaban J connectivity index is 1.83. The summed E-state index contributed by atoms with van der Waals surface area (Å²) in [7, 11) is 0. The molecule has 2 heteroatoms. The molecular weight excluding hydrogens is 316 g/mol. The lowest BCUT2D eigenvalue weighted by Gasteiger charge is -2.19. The van der Waals surface area contributed by atoms with Gasteiger partial charge in [-0.2, -0.15) is 0 Å². The summed E-state index contributed by atoms with van der Waals surface area (Å²) >= 11 is 0. The lowest BCUT2D eigenvalue weighted by atomic mass is 9.96. The molecule has 0 aliphatic carbocycles. The van der Waals surface area contributed by atoms with Crippen molar-refractivity contribution < 1.29 is 0 Å². The Bertz CT molecular complexity index is 1050. The van der Waals surface area contributed by atoms with E-state index in [-0.39, 0.29) is 0 Å². The topological polar surface area (TPSA) is 15.3 Å². The molecule has 0 unspecified atom stereocenters. The highest BCUT2D eigenvalue weighted by Gasteiger charge is 2.09. The minimum absolute atomic E-state index is 0.960. The fourth-order valence-electron chi connectivity index (χ4n) is 3.90. The van der Waals surface area contributed by atoms with Crippen LogP contribution in [-0.2, 0) is 0 Å². The number of nitrogens with zero attached hydrogens (tertiary/aromatic N) is 1. The molecule has 2 nitrogen and oxygen atoms in total. The summed E-state index contributed by atoms with van der Waals surface area (Å²) in [4.78, 5) is 2.45. The van der Waals surface area contributed by atoms with E-state index in [0.29, 0.717) is 0 Å². The number of anilines is 1. The Labute approximate surface area is 155 Å². The Morgan fingerprint density at radius 3 is 2.12 bits per heavy atom. The number of fused-ring (bicyclic) bond motifs is 5. The molecule has 0 bridgehead atoms. The van der Waals surface area contributed by atoms with Crippen LogP contribution in [-0.4, -0.2) is 31.1 Å². The highest BCUT2D eigenvalue weighted by Crippen LogP contribution is 2.35. The van der Waals surface area contributed by atoms with Gasteiger partial charge in [0.2, 0.25) is 0 Å². The van der Waals surface area contributed by atoms with Gasteiger partial charge in [-0.1, -0.05) is 74.5 Å². The minimum atomic E-state index is 0.960. The van der Waals surface area contributed by atoms with Crippen molar-refractivity contribution in [1.29, 1.82) is 0 Å². The van der Waals surface area contributed by atoms with Crippen molar-refractivity contribution in [2.24, 2.45) is 0 Å². The van der Waals surface area contributed by atoms with Crippen LogP contribution in [0.3, 0.4) is 0 Å². The van der Waals surface area contributed by atoms with Gasteiger partial charge >= 0.3 is 0 Å². The van der Waals surface area contributed by atoms with Gasteiger partial charge < -0.3 is 10.2 Å². The van der Waals surface area contributed by atoms with Crippen molar-refractivity contribution in [2.75, 3.05) is 31.5 Å². The van der Waals surface area contributed by atoms with Gasteiger partial charge in [0.15, 0.2) is 0 Å². The van der Waals surface area contributed by atoms with E-state index in [1.54, 1.807) is 0 Å². The van der Waals surface area contributed by atoms with Crippen LogP contribution in [0.25, 0.3) is 32.3 Å². The third-order valence-corrected chi connectivity index (χ3v) is 5.40. The van der Waals surface area contributed by atoms with Crippen molar-refractivity contribution in [3.63, 3.8) is 0 Å². The van der Waals surface area contributed by atoms with Crippen LogP contribution >= 0.6 is 0 Å². The summed E-state index contributed by atoms with van der Waals surface area (Å²) < 4.78 is 0. The molecule has 0 atom stereocenters. The van der Waals surface area contributed by atoms with E-state index in [0.717, 1.165) is 26.2 Å². The maximum absolute atomic E-state index is 3.70. The Kier molecular flexibility index (Phi) is 4.77. The number of likely N-dealkylation sites (N-methyl/N-ethyl adjacent to an activating group) is 1. The van der Waals surface area contributed by atoms with Crippen molar-refractivity contribution >= 4 is 38.0 Å². The van der Waals surface area contributed by atoms with Gasteiger partial charge in [0.25, 0.3) is 0 Å². The van der Waals surface area contributed by atoms with Crippen LogP contribution in [0.1, 0.15) is 13.8 Å². The first-order valence-corrected chi connectivity index (χ1v) is 9.61. The molecule has 0 amide bonds. The zero-order valence-electron chi connectivity index (χ0n) is 15.6. The molecular formula is C24H26N2. The van der Waals surface area contributed by atoms with Crippen LogP contribution < -0.4 is 5.32 Å². The Morgan fingerprint density at radius 1 is 0.692 bits per heavy atom. The number of hydrogen-bond acceptors (Lipinski definition) is 2. The van der Waals surface area contributed by atoms with E-state index in [4.69, 9.17) is 0 Å². The maximum atomic E-state index is 3.70. The summed E-state index contributed by atoms with van der Waals surface area (Å²) in [5.41, 5.74) is 1.23. The molecule has 0 aromatic heterocycles. The van der Waals surface area contributed by atoms with Gasteiger partial charge in [0, 0.05) is 24.2 Å². The van der Waals surface area contributed by atoms with E-state index in [2.05, 4.69) is 90.8 Å². The van der Waals surface area contributed by atoms with Crippen molar-refractivity contribution in [3.05, 3.63) is 66.7 Å². The molecule has 4 rings (SSSR count). The van der Waals surface area contributed by atoms with Crippen LogP contribution in [0.2, 0.25) is 0 Å². The maximum Gasteiger partial charge on any atom is 0.0426 e. The first-order chi connectivity index (χ1) is 12.8. The average Bonchev–Trinajstić information content (AvgIpc) is 2.71. The lowest BCUT2D eigenvalue weighted by molar-refractivity contribution is 0.316. The molecule has 0 aliphatic heterocycles. The van der Waals surface area contributed by atoms with E-state index in [1.165, 1.54) is 38.0 Å². The molecule has 0 heterocycles. The zero-order chi connectivity index (χ0) is 17.9. The molecule has 0 saturated heterocycles.